The SMILES string of the molecule is Cc1cc(=O)oc2cc(OCC(=O)NC(CO)C(=O)N3CCOCC3)ccc12. The van der Waals surface area contributed by atoms with Gasteiger partial charge in [0.05, 0.1) is 19.8 Å². The van der Waals surface area contributed by atoms with Gasteiger partial charge in [-0.3, -0.25) is 9.59 Å². The summed E-state index contributed by atoms with van der Waals surface area (Å²) in [5.74, 6) is -0.565. The number of aryl methyl sites for hydroxylation is 1. The van der Waals surface area contributed by atoms with Gasteiger partial charge in [-0.1, -0.05) is 0 Å². The van der Waals surface area contributed by atoms with Crippen LogP contribution < -0.4 is 15.7 Å². The maximum atomic E-state index is 12.4. The van der Waals surface area contributed by atoms with Crippen LogP contribution in [0.2, 0.25) is 0 Å². The maximum absolute atomic E-state index is 12.4. The zero-order chi connectivity index (χ0) is 20.1. The molecule has 0 saturated carbocycles. The van der Waals surface area contributed by atoms with Gasteiger partial charge in [-0.15, -0.1) is 0 Å². The Labute approximate surface area is 160 Å². The molecule has 0 spiro atoms. The molecule has 1 unspecified atom stereocenters. The largest absolute Gasteiger partial charge is 0.484 e. The highest BCUT2D eigenvalue weighted by atomic mass is 16.5. The average Bonchev–Trinajstić information content (AvgIpc) is 2.70. The van der Waals surface area contributed by atoms with Crippen molar-refractivity contribution >= 4 is 22.8 Å². The first kappa shape index (κ1) is 19.8. The summed E-state index contributed by atoms with van der Waals surface area (Å²) >= 11 is 0. The van der Waals surface area contributed by atoms with Crippen LogP contribution in [0.25, 0.3) is 11.0 Å². The minimum atomic E-state index is -1.04. The molecule has 2 heterocycles. The second kappa shape index (κ2) is 8.85. The molecular weight excluding hydrogens is 368 g/mol. The number of fused-ring (bicyclic) bond motifs is 1. The van der Waals surface area contributed by atoms with Crippen molar-refractivity contribution in [3.8, 4) is 5.75 Å². The lowest BCUT2D eigenvalue weighted by Crippen LogP contribution is -2.54. The fraction of sp³-hybridized carbons (Fsp3) is 0.421. The van der Waals surface area contributed by atoms with Gasteiger partial charge in [0.15, 0.2) is 6.61 Å². The van der Waals surface area contributed by atoms with E-state index in [0.29, 0.717) is 37.6 Å². The number of hydrogen-bond acceptors (Lipinski definition) is 7. The van der Waals surface area contributed by atoms with Crippen molar-refractivity contribution in [2.24, 2.45) is 0 Å². The van der Waals surface area contributed by atoms with Crippen LogP contribution >= 0.6 is 0 Å². The van der Waals surface area contributed by atoms with Crippen LogP contribution in [0.4, 0.5) is 0 Å². The topological polar surface area (TPSA) is 118 Å². The normalized spacial score (nSPS) is 15.3. The number of morpholine rings is 1. The lowest BCUT2D eigenvalue weighted by molar-refractivity contribution is -0.141. The van der Waals surface area contributed by atoms with E-state index in [4.69, 9.17) is 13.9 Å². The van der Waals surface area contributed by atoms with Crippen molar-refractivity contribution in [1.29, 1.82) is 0 Å². The van der Waals surface area contributed by atoms with E-state index in [1.54, 1.807) is 24.0 Å². The molecule has 9 heteroatoms. The molecule has 9 nitrogen and oxygen atoms in total. The van der Waals surface area contributed by atoms with Gasteiger partial charge >= 0.3 is 5.63 Å². The van der Waals surface area contributed by atoms with Crippen LogP contribution in [-0.2, 0) is 14.3 Å². The number of rotatable bonds is 6. The predicted molar refractivity (Wildman–Crippen MR) is 99.1 cm³/mol. The first-order valence-electron chi connectivity index (χ1n) is 8.92. The Bertz CT molecular complexity index is 918. The number of nitrogens with one attached hydrogen (secondary N) is 1. The lowest BCUT2D eigenvalue weighted by Gasteiger charge is -2.30. The second-order valence-corrected chi connectivity index (χ2v) is 6.44. The number of ether oxygens (including phenoxy) is 2. The van der Waals surface area contributed by atoms with E-state index >= 15 is 0 Å². The van der Waals surface area contributed by atoms with Crippen LogP contribution in [0.3, 0.4) is 0 Å². The molecule has 1 aliphatic heterocycles. The molecule has 0 bridgehead atoms. The fourth-order valence-corrected chi connectivity index (χ4v) is 2.97. The zero-order valence-electron chi connectivity index (χ0n) is 15.5. The molecule has 0 aliphatic carbocycles. The first-order chi connectivity index (χ1) is 13.5. The Balaban J connectivity index is 1.59. The van der Waals surface area contributed by atoms with Crippen LogP contribution in [0, 0.1) is 6.92 Å². The molecule has 1 saturated heterocycles. The monoisotopic (exact) mass is 390 g/mol. The fourth-order valence-electron chi connectivity index (χ4n) is 2.97. The van der Waals surface area contributed by atoms with E-state index in [9.17, 15) is 19.5 Å². The van der Waals surface area contributed by atoms with E-state index in [-0.39, 0.29) is 12.5 Å². The lowest BCUT2D eigenvalue weighted by atomic mass is 10.1. The number of carbonyl (C=O) groups excluding carboxylic acids is 2. The van der Waals surface area contributed by atoms with Crippen LogP contribution in [-0.4, -0.2) is 67.4 Å². The van der Waals surface area contributed by atoms with Crippen LogP contribution in [0.1, 0.15) is 5.56 Å². The molecular formula is C19H22N2O7. The van der Waals surface area contributed by atoms with Gasteiger partial charge < -0.3 is 29.2 Å². The summed E-state index contributed by atoms with van der Waals surface area (Å²) in [6.45, 7) is 2.63. The molecule has 28 heavy (non-hydrogen) atoms. The average molecular weight is 390 g/mol. The van der Waals surface area contributed by atoms with Gasteiger partial charge in [0, 0.05) is 30.6 Å². The van der Waals surface area contributed by atoms with Crippen molar-refractivity contribution in [3.63, 3.8) is 0 Å². The van der Waals surface area contributed by atoms with Gasteiger partial charge in [0.1, 0.15) is 17.4 Å². The van der Waals surface area contributed by atoms with Gasteiger partial charge in [-0.25, -0.2) is 4.79 Å². The number of carbonyl (C=O) groups is 2. The third kappa shape index (κ3) is 4.68. The quantitative estimate of drug-likeness (QED) is 0.657. The summed E-state index contributed by atoms with van der Waals surface area (Å²) in [5, 5.41) is 12.7. The highest BCUT2D eigenvalue weighted by molar-refractivity contribution is 5.88. The van der Waals surface area contributed by atoms with E-state index < -0.39 is 24.2 Å². The van der Waals surface area contributed by atoms with Crippen molar-refractivity contribution in [3.05, 3.63) is 40.2 Å². The van der Waals surface area contributed by atoms with Crippen molar-refractivity contribution in [1.82, 2.24) is 10.2 Å². The number of aliphatic hydroxyl groups excluding tert-OH is 1. The highest BCUT2D eigenvalue weighted by Crippen LogP contribution is 2.22. The first-order valence-corrected chi connectivity index (χ1v) is 8.92. The van der Waals surface area contributed by atoms with Crippen molar-refractivity contribution in [2.75, 3.05) is 39.5 Å². The number of hydrogen-bond donors (Lipinski definition) is 2. The summed E-state index contributed by atoms with van der Waals surface area (Å²) in [5.41, 5.74) is 0.675. The molecule has 1 aliphatic rings. The summed E-state index contributed by atoms with van der Waals surface area (Å²) in [4.78, 5) is 37.5. The predicted octanol–water partition coefficient (Wildman–Crippen LogP) is -0.184. The third-order valence-electron chi connectivity index (χ3n) is 4.43. The van der Waals surface area contributed by atoms with Crippen LogP contribution in [0.15, 0.2) is 33.5 Å². The summed E-state index contributed by atoms with van der Waals surface area (Å²) in [6.07, 6.45) is 0. The molecule has 150 valence electrons. The summed E-state index contributed by atoms with van der Waals surface area (Å²) in [6, 6.07) is 5.28. The van der Waals surface area contributed by atoms with E-state index in [2.05, 4.69) is 5.32 Å². The van der Waals surface area contributed by atoms with E-state index in [0.717, 1.165) is 10.9 Å². The molecule has 1 atom stereocenters. The Hall–Kier alpha value is -2.91. The molecule has 2 N–H and O–H groups in total. The van der Waals surface area contributed by atoms with E-state index in [1.807, 2.05) is 0 Å². The number of nitrogens with zero attached hydrogens (tertiary/aromatic N) is 1. The maximum Gasteiger partial charge on any atom is 0.336 e. The molecule has 1 fully saturated rings. The Morgan fingerprint density at radius 1 is 1.29 bits per heavy atom. The van der Waals surface area contributed by atoms with Gasteiger partial charge in [0.2, 0.25) is 5.91 Å². The molecule has 1 aromatic heterocycles. The minimum Gasteiger partial charge on any atom is -0.484 e. The standard InChI is InChI=1S/C19H22N2O7/c1-12-8-18(24)28-16-9-13(2-3-14(12)16)27-11-17(23)20-15(10-22)19(25)21-4-6-26-7-5-21/h2-3,8-9,15,22H,4-7,10-11H2,1H3,(H,20,23). The molecule has 0 radical (unpaired) electrons. The summed E-state index contributed by atoms with van der Waals surface area (Å²) < 4.78 is 15.8. The number of amides is 2. The smallest absolute Gasteiger partial charge is 0.336 e. The highest BCUT2D eigenvalue weighted by Gasteiger charge is 2.26. The van der Waals surface area contributed by atoms with E-state index in [1.165, 1.54) is 12.1 Å². The second-order valence-electron chi connectivity index (χ2n) is 6.44. The zero-order valence-corrected chi connectivity index (χ0v) is 15.5. The molecule has 3 rings (SSSR count). The van der Waals surface area contributed by atoms with Gasteiger partial charge in [-0.2, -0.15) is 0 Å². The number of benzene rings is 1. The summed E-state index contributed by atoms with van der Waals surface area (Å²) in [7, 11) is 0. The Kier molecular flexibility index (Phi) is 6.27. The third-order valence-corrected chi connectivity index (χ3v) is 4.43. The van der Waals surface area contributed by atoms with Crippen molar-refractivity contribution in [2.45, 2.75) is 13.0 Å². The van der Waals surface area contributed by atoms with Gasteiger partial charge in [0.25, 0.3) is 5.91 Å². The van der Waals surface area contributed by atoms with Crippen molar-refractivity contribution < 1.29 is 28.6 Å². The Morgan fingerprint density at radius 2 is 2.04 bits per heavy atom. The molecule has 2 amide bonds. The van der Waals surface area contributed by atoms with Gasteiger partial charge in [-0.05, 0) is 24.6 Å². The Morgan fingerprint density at radius 3 is 2.75 bits per heavy atom. The number of aliphatic hydroxyl groups is 1. The van der Waals surface area contributed by atoms with Crippen LogP contribution in [0.5, 0.6) is 5.75 Å². The minimum absolute atomic E-state index is 0.344. The molecule has 2 aromatic rings. The molecule has 1 aromatic carbocycles.